The second-order valence-electron chi connectivity index (χ2n) is 5.91. The van der Waals surface area contributed by atoms with Crippen LogP contribution in [0.4, 0.5) is 0 Å². The van der Waals surface area contributed by atoms with Crippen LogP contribution in [-0.4, -0.2) is 54.7 Å². The van der Waals surface area contributed by atoms with E-state index in [9.17, 15) is 4.79 Å². The highest BCUT2D eigenvalue weighted by molar-refractivity contribution is 7.99. The van der Waals surface area contributed by atoms with Gasteiger partial charge < -0.3 is 10.1 Å². The fourth-order valence-corrected chi connectivity index (χ4v) is 4.24. The molecule has 2 heterocycles. The van der Waals surface area contributed by atoms with Gasteiger partial charge in [-0.3, -0.25) is 9.69 Å². The molecule has 0 aliphatic carbocycles. The number of benzene rings is 1. The molecule has 3 rings (SSSR count). The molecule has 0 radical (unpaired) electrons. The predicted molar refractivity (Wildman–Crippen MR) is 90.1 cm³/mol. The molecule has 22 heavy (non-hydrogen) atoms. The highest BCUT2D eigenvalue weighted by atomic mass is 32.2. The van der Waals surface area contributed by atoms with Gasteiger partial charge in [0.25, 0.3) is 0 Å². The molecule has 2 saturated heterocycles. The van der Waals surface area contributed by atoms with E-state index in [1.54, 1.807) is 0 Å². The van der Waals surface area contributed by atoms with Crippen molar-refractivity contribution in [2.75, 3.05) is 37.7 Å². The topological polar surface area (TPSA) is 41.6 Å². The molecule has 4 nitrogen and oxygen atoms in total. The molecule has 5 heteroatoms. The number of nitrogens with zero attached hydrogens (tertiary/aromatic N) is 1. The zero-order valence-electron chi connectivity index (χ0n) is 12.9. The molecule has 2 fully saturated rings. The van der Waals surface area contributed by atoms with Gasteiger partial charge in [0, 0.05) is 37.2 Å². The molecule has 0 saturated carbocycles. The van der Waals surface area contributed by atoms with Gasteiger partial charge in [-0.05, 0) is 18.4 Å². The summed E-state index contributed by atoms with van der Waals surface area (Å²) in [5, 5.41) is 3.03. The molecule has 0 aromatic heterocycles. The molecule has 2 atom stereocenters. The zero-order valence-corrected chi connectivity index (χ0v) is 13.7. The third-order valence-electron chi connectivity index (χ3n) is 4.32. The fourth-order valence-electron chi connectivity index (χ4n) is 3.08. The van der Waals surface area contributed by atoms with E-state index in [1.165, 1.54) is 5.56 Å². The largest absolute Gasteiger partial charge is 0.376 e. The van der Waals surface area contributed by atoms with Gasteiger partial charge in [-0.2, -0.15) is 11.8 Å². The lowest BCUT2D eigenvalue weighted by molar-refractivity contribution is -0.123. The summed E-state index contributed by atoms with van der Waals surface area (Å²) in [6.45, 7) is 2.93. The highest BCUT2D eigenvalue weighted by Gasteiger charge is 2.26. The maximum absolute atomic E-state index is 12.2. The number of amides is 1. The van der Waals surface area contributed by atoms with Crippen molar-refractivity contribution < 1.29 is 9.53 Å². The van der Waals surface area contributed by atoms with Crippen LogP contribution in [0.25, 0.3) is 0 Å². The lowest BCUT2D eigenvalue weighted by Gasteiger charge is -2.35. The van der Waals surface area contributed by atoms with Crippen molar-refractivity contribution in [2.45, 2.75) is 25.0 Å². The van der Waals surface area contributed by atoms with Crippen LogP contribution in [0.2, 0.25) is 0 Å². The Labute approximate surface area is 136 Å². The first-order valence-corrected chi connectivity index (χ1v) is 9.23. The summed E-state index contributed by atoms with van der Waals surface area (Å²) < 4.78 is 5.55. The maximum Gasteiger partial charge on any atom is 0.234 e. The predicted octanol–water partition coefficient (Wildman–Crippen LogP) is 2.07. The normalized spacial score (nSPS) is 26.0. The maximum atomic E-state index is 12.2. The average molecular weight is 320 g/mol. The van der Waals surface area contributed by atoms with Gasteiger partial charge in [0.1, 0.15) is 0 Å². The van der Waals surface area contributed by atoms with Gasteiger partial charge in [-0.1, -0.05) is 30.3 Å². The summed E-state index contributed by atoms with van der Waals surface area (Å²) in [5.41, 5.74) is 1.31. The van der Waals surface area contributed by atoms with Crippen molar-refractivity contribution >= 4 is 17.7 Å². The van der Waals surface area contributed by atoms with Crippen LogP contribution in [-0.2, 0) is 9.53 Å². The van der Waals surface area contributed by atoms with E-state index >= 15 is 0 Å². The molecule has 2 aliphatic heterocycles. The summed E-state index contributed by atoms with van der Waals surface area (Å²) in [6, 6.07) is 10.8. The van der Waals surface area contributed by atoms with E-state index in [-0.39, 0.29) is 12.0 Å². The first-order chi connectivity index (χ1) is 10.8. The Bertz CT molecular complexity index is 477. The van der Waals surface area contributed by atoms with E-state index in [0.717, 1.165) is 37.5 Å². The Morgan fingerprint density at radius 1 is 1.36 bits per heavy atom. The van der Waals surface area contributed by atoms with Crippen molar-refractivity contribution in [3.05, 3.63) is 35.9 Å². The van der Waals surface area contributed by atoms with Crippen LogP contribution in [0, 0.1) is 0 Å². The lowest BCUT2D eigenvalue weighted by atomic mass is 10.1. The molecular formula is C17H24N2O2S. The number of thioether (sulfide) groups is 1. The first-order valence-electron chi connectivity index (χ1n) is 8.08. The number of hydrogen-bond donors (Lipinski definition) is 1. The second-order valence-corrected chi connectivity index (χ2v) is 7.06. The van der Waals surface area contributed by atoms with Crippen molar-refractivity contribution in [1.82, 2.24) is 10.2 Å². The molecule has 0 bridgehead atoms. The van der Waals surface area contributed by atoms with Crippen LogP contribution >= 0.6 is 11.8 Å². The molecule has 120 valence electrons. The third kappa shape index (κ3) is 4.24. The zero-order chi connectivity index (χ0) is 15.2. The van der Waals surface area contributed by atoms with Crippen molar-refractivity contribution in [1.29, 1.82) is 0 Å². The number of rotatable bonds is 5. The second kappa shape index (κ2) is 7.99. The lowest BCUT2D eigenvalue weighted by Crippen LogP contribution is -2.44. The van der Waals surface area contributed by atoms with Crippen molar-refractivity contribution in [3.63, 3.8) is 0 Å². The van der Waals surface area contributed by atoms with Crippen molar-refractivity contribution in [2.24, 2.45) is 0 Å². The molecule has 1 aromatic carbocycles. The fraction of sp³-hybridized carbons (Fsp3) is 0.588. The third-order valence-corrected chi connectivity index (χ3v) is 5.34. The molecule has 1 N–H and O–H groups in total. The Kier molecular flexibility index (Phi) is 5.76. The minimum absolute atomic E-state index is 0.114. The van der Waals surface area contributed by atoms with Crippen LogP contribution in [0.1, 0.15) is 24.4 Å². The van der Waals surface area contributed by atoms with Crippen LogP contribution in [0.3, 0.4) is 0 Å². The number of carbonyl (C=O) groups is 1. The molecule has 0 spiro atoms. The number of carbonyl (C=O) groups excluding carboxylic acids is 1. The minimum Gasteiger partial charge on any atom is -0.376 e. The van der Waals surface area contributed by atoms with Gasteiger partial charge in [0.05, 0.1) is 12.6 Å². The highest BCUT2D eigenvalue weighted by Crippen LogP contribution is 2.28. The SMILES string of the molecule is O=C(CN1CCSC[C@@H]1c1ccccc1)NC[C@@H]1CCCO1. The first kappa shape index (κ1) is 15.8. The Morgan fingerprint density at radius 2 is 2.23 bits per heavy atom. The van der Waals surface area contributed by atoms with Crippen LogP contribution in [0.5, 0.6) is 0 Å². The van der Waals surface area contributed by atoms with E-state index in [1.807, 2.05) is 17.8 Å². The molecular weight excluding hydrogens is 296 g/mol. The van der Waals surface area contributed by atoms with Gasteiger partial charge in [0.2, 0.25) is 5.91 Å². The number of nitrogens with one attached hydrogen (secondary N) is 1. The smallest absolute Gasteiger partial charge is 0.234 e. The van der Waals surface area contributed by atoms with Gasteiger partial charge in [-0.25, -0.2) is 0 Å². The summed E-state index contributed by atoms with van der Waals surface area (Å²) in [6.07, 6.45) is 2.39. The van der Waals surface area contributed by atoms with Gasteiger partial charge in [0.15, 0.2) is 0 Å². The standard InChI is InChI=1S/C17H24N2O2S/c20-17(18-11-15-7-4-9-21-15)12-19-8-10-22-13-16(19)14-5-2-1-3-6-14/h1-3,5-6,15-16H,4,7-13H2,(H,18,20)/t15-,16+/m0/s1. The summed E-state index contributed by atoms with van der Waals surface area (Å²) >= 11 is 1.97. The van der Waals surface area contributed by atoms with Crippen molar-refractivity contribution in [3.8, 4) is 0 Å². The molecule has 0 unspecified atom stereocenters. The Hall–Kier alpha value is -1.04. The molecule has 1 aromatic rings. The average Bonchev–Trinajstić information content (AvgIpc) is 3.08. The summed E-state index contributed by atoms with van der Waals surface area (Å²) in [7, 11) is 0. The van der Waals surface area contributed by atoms with Crippen LogP contribution in [0.15, 0.2) is 30.3 Å². The van der Waals surface area contributed by atoms with E-state index < -0.39 is 0 Å². The van der Waals surface area contributed by atoms with Crippen LogP contribution < -0.4 is 5.32 Å². The quantitative estimate of drug-likeness (QED) is 0.902. The van der Waals surface area contributed by atoms with E-state index in [2.05, 4.69) is 34.5 Å². The van der Waals surface area contributed by atoms with Gasteiger partial charge >= 0.3 is 0 Å². The number of hydrogen-bond acceptors (Lipinski definition) is 4. The monoisotopic (exact) mass is 320 g/mol. The van der Waals surface area contributed by atoms with Gasteiger partial charge in [-0.15, -0.1) is 0 Å². The van der Waals surface area contributed by atoms with E-state index in [0.29, 0.717) is 19.1 Å². The molecule has 2 aliphatic rings. The summed E-state index contributed by atoms with van der Waals surface area (Å²) in [4.78, 5) is 14.5. The Morgan fingerprint density at radius 3 is 3.00 bits per heavy atom. The molecule has 1 amide bonds. The van der Waals surface area contributed by atoms with E-state index in [4.69, 9.17) is 4.74 Å². The minimum atomic E-state index is 0.114. The summed E-state index contributed by atoms with van der Waals surface area (Å²) in [5.74, 6) is 2.27. The number of ether oxygens (including phenoxy) is 1. The Balaban J connectivity index is 1.53.